The van der Waals surface area contributed by atoms with Crippen molar-refractivity contribution in [3.8, 4) is 0 Å². The largest absolute Gasteiger partial charge is 0.481 e. The molecule has 2 fully saturated rings. The summed E-state index contributed by atoms with van der Waals surface area (Å²) in [6, 6.07) is 13.1. The molecular formula is C28H30FN3O4. The van der Waals surface area contributed by atoms with E-state index >= 15 is 0 Å². The van der Waals surface area contributed by atoms with Gasteiger partial charge in [-0.25, -0.2) is 4.39 Å². The van der Waals surface area contributed by atoms with Crippen LogP contribution >= 0.6 is 0 Å². The molecule has 1 unspecified atom stereocenters. The van der Waals surface area contributed by atoms with Crippen LogP contribution in [-0.2, 0) is 9.59 Å². The Hall–Kier alpha value is -3.55. The average Bonchev–Trinajstić information content (AvgIpc) is 3.68. The second-order valence-electron chi connectivity index (χ2n) is 9.99. The monoisotopic (exact) mass is 491 g/mol. The first kappa shape index (κ1) is 24.2. The predicted octanol–water partition coefficient (Wildman–Crippen LogP) is 4.47. The number of carbonyl (C=O) groups is 3. The van der Waals surface area contributed by atoms with Gasteiger partial charge in [-0.05, 0) is 86.4 Å². The quantitative estimate of drug-likeness (QED) is 0.569. The van der Waals surface area contributed by atoms with Crippen molar-refractivity contribution >= 4 is 23.5 Å². The first-order valence-electron chi connectivity index (χ1n) is 12.7. The zero-order valence-corrected chi connectivity index (χ0v) is 20.1. The van der Waals surface area contributed by atoms with Crippen molar-refractivity contribution in [1.82, 2.24) is 10.2 Å². The first-order valence-corrected chi connectivity index (χ1v) is 12.7. The lowest BCUT2D eigenvalue weighted by Gasteiger charge is -2.44. The van der Waals surface area contributed by atoms with Crippen LogP contribution in [0, 0.1) is 11.7 Å². The maximum Gasteiger partial charge on any atom is 0.305 e. The van der Waals surface area contributed by atoms with E-state index in [4.69, 9.17) is 10.1 Å². The van der Waals surface area contributed by atoms with Gasteiger partial charge < -0.3 is 15.3 Å². The number of carbonyl (C=O) groups excluding carboxylic acids is 2. The van der Waals surface area contributed by atoms with Crippen molar-refractivity contribution in [2.24, 2.45) is 10.9 Å². The fourth-order valence-corrected chi connectivity index (χ4v) is 5.53. The molecule has 0 radical (unpaired) electrons. The van der Waals surface area contributed by atoms with Gasteiger partial charge in [0.25, 0.3) is 11.8 Å². The minimum atomic E-state index is -0.966. The summed E-state index contributed by atoms with van der Waals surface area (Å²) < 4.78 is 13.6. The topological polar surface area (TPSA) is 99.1 Å². The second kappa shape index (κ2) is 9.84. The highest BCUT2D eigenvalue weighted by atomic mass is 19.1. The highest BCUT2D eigenvalue weighted by Crippen LogP contribution is 2.52. The van der Waals surface area contributed by atoms with Crippen LogP contribution < -0.4 is 5.32 Å². The number of nitrogens with zero attached hydrogens (tertiary/aromatic N) is 2. The number of nitrogens with one attached hydrogen (secondary N) is 1. The number of aliphatic imine (C=N–C) groups is 1. The van der Waals surface area contributed by atoms with Crippen molar-refractivity contribution in [2.45, 2.75) is 63.1 Å². The van der Waals surface area contributed by atoms with Crippen molar-refractivity contribution in [3.05, 3.63) is 71.0 Å². The van der Waals surface area contributed by atoms with E-state index in [9.17, 15) is 18.8 Å². The van der Waals surface area contributed by atoms with Gasteiger partial charge in [0.15, 0.2) is 0 Å². The molecule has 1 aliphatic heterocycles. The van der Waals surface area contributed by atoms with E-state index in [0.717, 1.165) is 50.5 Å². The van der Waals surface area contributed by atoms with Gasteiger partial charge in [0, 0.05) is 17.7 Å². The molecule has 2 aliphatic carbocycles. The van der Waals surface area contributed by atoms with Gasteiger partial charge in [0.2, 0.25) is 0 Å². The van der Waals surface area contributed by atoms with E-state index in [-0.39, 0.29) is 36.6 Å². The number of halogens is 1. The number of amides is 2. The molecule has 188 valence electrons. The van der Waals surface area contributed by atoms with Gasteiger partial charge in [-0.3, -0.25) is 19.4 Å². The molecule has 1 spiro atoms. The van der Waals surface area contributed by atoms with E-state index in [0.29, 0.717) is 22.8 Å². The zero-order valence-electron chi connectivity index (χ0n) is 20.1. The van der Waals surface area contributed by atoms with Gasteiger partial charge in [-0.15, -0.1) is 0 Å². The molecule has 0 saturated heterocycles. The van der Waals surface area contributed by atoms with Crippen LogP contribution in [0.3, 0.4) is 0 Å². The Morgan fingerprint density at radius 3 is 2.33 bits per heavy atom. The summed E-state index contributed by atoms with van der Waals surface area (Å²) in [5, 5.41) is 11.4. The summed E-state index contributed by atoms with van der Waals surface area (Å²) in [7, 11) is 0. The highest BCUT2D eigenvalue weighted by Gasteiger charge is 2.53. The molecule has 1 atom stereocenters. The van der Waals surface area contributed by atoms with E-state index in [1.165, 1.54) is 12.1 Å². The number of hydrogen-bond donors (Lipinski definition) is 2. The zero-order chi connectivity index (χ0) is 25.3. The third-order valence-electron chi connectivity index (χ3n) is 7.45. The van der Waals surface area contributed by atoms with E-state index in [1.54, 1.807) is 24.3 Å². The lowest BCUT2D eigenvalue weighted by atomic mass is 9.86. The lowest BCUT2D eigenvalue weighted by Crippen LogP contribution is -2.50. The van der Waals surface area contributed by atoms with Crippen molar-refractivity contribution in [1.29, 1.82) is 0 Å². The minimum absolute atomic E-state index is 0.0644. The lowest BCUT2D eigenvalue weighted by molar-refractivity contribution is -0.137. The molecule has 0 bridgehead atoms. The van der Waals surface area contributed by atoms with Gasteiger partial charge in [-0.1, -0.05) is 18.6 Å². The molecular weight excluding hydrogens is 461 g/mol. The first-order chi connectivity index (χ1) is 17.4. The molecule has 2 aromatic rings. The average molecular weight is 492 g/mol. The molecule has 2 amide bonds. The van der Waals surface area contributed by atoms with Gasteiger partial charge in [0.1, 0.15) is 17.2 Å². The molecule has 3 aliphatic rings. The number of benzene rings is 2. The van der Waals surface area contributed by atoms with E-state index < -0.39 is 11.6 Å². The standard InChI is InChI=1S/C28H30FN3O4/c29-22-12-10-18(11-13-22)24-27(36)32(28(31-24)15-2-1-3-16-28)25(19-4-5-19)20-6-8-21(9-7-20)26(35)30-17-14-23(33)34/h6-13,19,25H,1-5,14-17H2,(H,30,35)(H,33,34). The number of carboxylic acids is 1. The van der Waals surface area contributed by atoms with Crippen molar-refractivity contribution in [2.75, 3.05) is 6.54 Å². The summed E-state index contributed by atoms with van der Waals surface area (Å²) in [5.74, 6) is -1.43. The van der Waals surface area contributed by atoms with Crippen LogP contribution in [-0.4, -0.2) is 45.7 Å². The minimum Gasteiger partial charge on any atom is -0.481 e. The predicted molar refractivity (Wildman–Crippen MR) is 132 cm³/mol. The highest BCUT2D eigenvalue weighted by molar-refractivity contribution is 6.46. The molecule has 0 aromatic heterocycles. The fourth-order valence-electron chi connectivity index (χ4n) is 5.53. The van der Waals surface area contributed by atoms with Crippen molar-refractivity contribution < 1.29 is 23.9 Å². The van der Waals surface area contributed by atoms with Crippen LogP contribution in [0.15, 0.2) is 53.5 Å². The second-order valence-corrected chi connectivity index (χ2v) is 9.99. The number of rotatable bonds is 8. The summed E-state index contributed by atoms with van der Waals surface area (Å²) in [6.07, 6.45) is 6.62. The van der Waals surface area contributed by atoms with Crippen LogP contribution in [0.4, 0.5) is 4.39 Å². The SMILES string of the molecule is O=C(O)CCNC(=O)c1ccc(C(C2CC2)N2C(=O)C(c3ccc(F)cc3)=NC23CCCCC3)cc1. The van der Waals surface area contributed by atoms with Crippen LogP contribution in [0.25, 0.3) is 0 Å². The Morgan fingerprint density at radius 1 is 1.06 bits per heavy atom. The third-order valence-corrected chi connectivity index (χ3v) is 7.45. The summed E-state index contributed by atoms with van der Waals surface area (Å²) >= 11 is 0. The number of aliphatic carboxylic acids is 1. The molecule has 2 N–H and O–H groups in total. The van der Waals surface area contributed by atoms with Gasteiger partial charge in [0.05, 0.1) is 12.5 Å². The van der Waals surface area contributed by atoms with Crippen molar-refractivity contribution in [3.63, 3.8) is 0 Å². The van der Waals surface area contributed by atoms with Crippen LogP contribution in [0.2, 0.25) is 0 Å². The molecule has 7 nitrogen and oxygen atoms in total. The van der Waals surface area contributed by atoms with Crippen LogP contribution in [0.5, 0.6) is 0 Å². The van der Waals surface area contributed by atoms with Gasteiger partial charge >= 0.3 is 5.97 Å². The van der Waals surface area contributed by atoms with Gasteiger partial charge in [-0.2, -0.15) is 0 Å². The summed E-state index contributed by atoms with van der Waals surface area (Å²) in [4.78, 5) is 44.1. The fraction of sp³-hybridized carbons (Fsp3) is 0.429. The Balaban J connectivity index is 1.44. The molecule has 2 saturated carbocycles. The smallest absolute Gasteiger partial charge is 0.305 e. The molecule has 36 heavy (non-hydrogen) atoms. The molecule has 5 rings (SSSR count). The molecule has 2 aromatic carbocycles. The Kier molecular flexibility index (Phi) is 6.60. The summed E-state index contributed by atoms with van der Waals surface area (Å²) in [6.45, 7) is 0.0644. The van der Waals surface area contributed by atoms with E-state index in [2.05, 4.69) is 5.32 Å². The normalized spacial score (nSPS) is 19.8. The number of carboxylic acid groups (broad SMARTS) is 1. The summed E-state index contributed by atoms with van der Waals surface area (Å²) in [5.41, 5.74) is 1.85. The molecule has 8 heteroatoms. The van der Waals surface area contributed by atoms with E-state index in [1.807, 2.05) is 17.0 Å². The Morgan fingerprint density at radius 2 is 1.72 bits per heavy atom. The Labute approximate surface area is 209 Å². The Bertz CT molecular complexity index is 1180. The number of hydrogen-bond acceptors (Lipinski definition) is 4. The maximum absolute atomic E-state index is 13.9. The third kappa shape index (κ3) is 4.76. The van der Waals surface area contributed by atoms with Crippen LogP contribution in [0.1, 0.15) is 78.9 Å². The molecule has 1 heterocycles. The maximum atomic E-state index is 13.9.